The van der Waals surface area contributed by atoms with Crippen LogP contribution in [0.4, 0.5) is 0 Å². The quantitative estimate of drug-likeness (QED) is 0.563. The third kappa shape index (κ3) is 4.65. The summed E-state index contributed by atoms with van der Waals surface area (Å²) in [6.07, 6.45) is 12.6. The molecule has 0 atom stereocenters. The SMILES string of the molecule is OC1=C\C=C/C=C/C=C\OO/C=C/C(O)=C\1O. The van der Waals surface area contributed by atoms with Gasteiger partial charge in [-0.25, -0.2) is 0 Å². The molecule has 0 saturated heterocycles. The number of aliphatic hydroxyl groups is 3. The van der Waals surface area contributed by atoms with Crippen LogP contribution in [0.5, 0.6) is 0 Å². The fraction of sp³-hybridized carbons (Fsp3) is 0. The third-order valence-corrected chi connectivity index (χ3v) is 1.65. The number of aliphatic hydroxyl groups excluding tert-OH is 3. The molecule has 1 aliphatic heterocycles. The van der Waals surface area contributed by atoms with Gasteiger partial charge in [0.2, 0.25) is 0 Å². The first-order valence-electron chi connectivity index (χ1n) is 4.72. The molecule has 3 N–H and O–H groups in total. The van der Waals surface area contributed by atoms with E-state index in [1.165, 1.54) is 18.4 Å². The molecule has 0 saturated carbocycles. The summed E-state index contributed by atoms with van der Waals surface area (Å²) >= 11 is 0. The molecule has 0 aliphatic carbocycles. The second-order valence-corrected chi connectivity index (χ2v) is 2.88. The Morgan fingerprint density at radius 1 is 0.765 bits per heavy atom. The van der Waals surface area contributed by atoms with Crippen molar-refractivity contribution in [3.05, 3.63) is 72.3 Å². The zero-order chi connectivity index (χ0) is 12.5. The smallest absolute Gasteiger partial charge is 0.200 e. The van der Waals surface area contributed by atoms with Crippen molar-refractivity contribution in [1.82, 2.24) is 0 Å². The first kappa shape index (κ1) is 12.5. The first-order valence-corrected chi connectivity index (χ1v) is 4.72. The van der Waals surface area contributed by atoms with Gasteiger partial charge in [-0.1, -0.05) is 24.3 Å². The maximum atomic E-state index is 9.36. The molecule has 0 aromatic heterocycles. The predicted molar refractivity (Wildman–Crippen MR) is 61.7 cm³/mol. The second-order valence-electron chi connectivity index (χ2n) is 2.88. The molecule has 0 aromatic rings. The summed E-state index contributed by atoms with van der Waals surface area (Å²) < 4.78 is 0. The van der Waals surface area contributed by atoms with Gasteiger partial charge in [0.15, 0.2) is 17.3 Å². The van der Waals surface area contributed by atoms with E-state index >= 15 is 0 Å². The standard InChI is InChI=1S/C12H12O5/c13-10-6-4-2-1-3-5-8-16-17-9-7-11(14)12(10)15/h1-9,13-15H/b3-1+,4-2-,8-5-,9-7+,10-6-,12-11-. The average Bonchev–Trinajstić information content (AvgIpc) is 2.33. The van der Waals surface area contributed by atoms with Gasteiger partial charge in [-0.3, -0.25) is 9.78 Å². The Morgan fingerprint density at radius 2 is 1.41 bits per heavy atom. The molecule has 0 amide bonds. The highest BCUT2D eigenvalue weighted by Gasteiger charge is 2.05. The van der Waals surface area contributed by atoms with Crippen molar-refractivity contribution in [3.63, 3.8) is 0 Å². The van der Waals surface area contributed by atoms with E-state index in [-0.39, 0.29) is 0 Å². The normalized spacial score (nSPS) is 31.9. The monoisotopic (exact) mass is 236 g/mol. The molecule has 0 unspecified atom stereocenters. The van der Waals surface area contributed by atoms with Crippen LogP contribution in [-0.4, -0.2) is 15.3 Å². The molecule has 1 aliphatic rings. The molecule has 1 rings (SSSR count). The predicted octanol–water partition coefficient (Wildman–Crippen LogP) is 2.86. The molecule has 5 nitrogen and oxygen atoms in total. The number of hydrogen-bond acceptors (Lipinski definition) is 5. The highest BCUT2D eigenvalue weighted by Crippen LogP contribution is 2.09. The third-order valence-electron chi connectivity index (χ3n) is 1.65. The van der Waals surface area contributed by atoms with Crippen molar-refractivity contribution in [3.8, 4) is 0 Å². The van der Waals surface area contributed by atoms with Gasteiger partial charge < -0.3 is 15.3 Å². The molecule has 1 heterocycles. The zero-order valence-electron chi connectivity index (χ0n) is 8.85. The molecular formula is C12H12O5. The Balaban J connectivity index is 2.95. The Bertz CT molecular complexity index is 424. The van der Waals surface area contributed by atoms with Crippen molar-refractivity contribution in [1.29, 1.82) is 0 Å². The molecule has 0 spiro atoms. The Morgan fingerprint density at radius 3 is 2.24 bits per heavy atom. The van der Waals surface area contributed by atoms with Gasteiger partial charge in [0.25, 0.3) is 0 Å². The summed E-state index contributed by atoms with van der Waals surface area (Å²) in [5.41, 5.74) is 0. The van der Waals surface area contributed by atoms with E-state index in [1.807, 2.05) is 0 Å². The van der Waals surface area contributed by atoms with E-state index < -0.39 is 17.3 Å². The lowest BCUT2D eigenvalue weighted by molar-refractivity contribution is -0.195. The zero-order valence-corrected chi connectivity index (χ0v) is 8.85. The average molecular weight is 236 g/mol. The molecule has 0 fully saturated rings. The van der Waals surface area contributed by atoms with Gasteiger partial charge in [0.1, 0.15) is 12.5 Å². The minimum absolute atomic E-state index is 0.467. The van der Waals surface area contributed by atoms with Crippen molar-refractivity contribution >= 4 is 0 Å². The lowest BCUT2D eigenvalue weighted by Gasteiger charge is -1.99. The Labute approximate surface area is 98.1 Å². The maximum absolute atomic E-state index is 9.36. The molecule has 17 heavy (non-hydrogen) atoms. The van der Waals surface area contributed by atoms with E-state index in [0.29, 0.717) is 0 Å². The van der Waals surface area contributed by atoms with E-state index in [0.717, 1.165) is 12.3 Å². The molecule has 0 aromatic carbocycles. The minimum atomic E-state index is -0.661. The van der Waals surface area contributed by atoms with Gasteiger partial charge in [-0.15, -0.1) is 0 Å². The summed E-state index contributed by atoms with van der Waals surface area (Å²) in [5, 5.41) is 28.0. The molecular weight excluding hydrogens is 224 g/mol. The van der Waals surface area contributed by atoms with Crippen LogP contribution in [0.1, 0.15) is 0 Å². The van der Waals surface area contributed by atoms with Crippen molar-refractivity contribution < 1.29 is 25.1 Å². The fourth-order valence-corrected chi connectivity index (χ4v) is 0.862. The summed E-state index contributed by atoms with van der Waals surface area (Å²) in [7, 11) is 0. The van der Waals surface area contributed by atoms with E-state index in [1.54, 1.807) is 24.3 Å². The van der Waals surface area contributed by atoms with Gasteiger partial charge in [-0.2, -0.15) is 0 Å². The van der Waals surface area contributed by atoms with Crippen molar-refractivity contribution in [2.75, 3.05) is 0 Å². The summed E-state index contributed by atoms with van der Waals surface area (Å²) in [6, 6.07) is 0. The van der Waals surface area contributed by atoms with E-state index in [2.05, 4.69) is 9.78 Å². The van der Waals surface area contributed by atoms with Crippen LogP contribution in [0.2, 0.25) is 0 Å². The van der Waals surface area contributed by atoms with Crippen LogP contribution >= 0.6 is 0 Å². The summed E-state index contributed by atoms with van der Waals surface area (Å²) in [6.45, 7) is 0. The minimum Gasteiger partial charge on any atom is -0.504 e. The topological polar surface area (TPSA) is 79.2 Å². The van der Waals surface area contributed by atoms with Crippen molar-refractivity contribution in [2.24, 2.45) is 0 Å². The maximum Gasteiger partial charge on any atom is 0.200 e. The van der Waals surface area contributed by atoms with Crippen molar-refractivity contribution in [2.45, 2.75) is 0 Å². The second kappa shape index (κ2) is 6.84. The number of allylic oxidation sites excluding steroid dienone is 7. The van der Waals surface area contributed by atoms with Gasteiger partial charge in [-0.05, 0) is 12.2 Å². The number of rotatable bonds is 0. The van der Waals surface area contributed by atoms with E-state index in [4.69, 9.17) is 0 Å². The van der Waals surface area contributed by atoms with Crippen LogP contribution in [0, 0.1) is 0 Å². The summed E-state index contributed by atoms with van der Waals surface area (Å²) in [4.78, 5) is 9.06. The Hall–Kier alpha value is -2.56. The van der Waals surface area contributed by atoms with Crippen LogP contribution < -0.4 is 0 Å². The highest BCUT2D eigenvalue weighted by molar-refractivity contribution is 5.29. The first-order chi connectivity index (χ1) is 8.22. The number of hydrogen-bond donors (Lipinski definition) is 3. The molecule has 0 bridgehead atoms. The molecule has 5 heteroatoms. The largest absolute Gasteiger partial charge is 0.504 e. The van der Waals surface area contributed by atoms with Crippen LogP contribution in [0.15, 0.2) is 72.3 Å². The van der Waals surface area contributed by atoms with Crippen LogP contribution in [0.3, 0.4) is 0 Å². The van der Waals surface area contributed by atoms with Gasteiger partial charge in [0.05, 0.1) is 0 Å². The van der Waals surface area contributed by atoms with Gasteiger partial charge in [0, 0.05) is 6.08 Å². The molecule has 0 radical (unpaired) electrons. The lowest BCUT2D eigenvalue weighted by Crippen LogP contribution is -1.92. The van der Waals surface area contributed by atoms with E-state index in [9.17, 15) is 15.3 Å². The molecule has 90 valence electrons. The lowest BCUT2D eigenvalue weighted by atomic mass is 10.3. The Kier molecular flexibility index (Phi) is 5.03. The fourth-order valence-electron chi connectivity index (χ4n) is 0.862. The van der Waals surface area contributed by atoms with Crippen LogP contribution in [0.25, 0.3) is 0 Å². The van der Waals surface area contributed by atoms with Crippen LogP contribution in [-0.2, 0) is 9.78 Å². The summed E-state index contributed by atoms with van der Waals surface area (Å²) in [5.74, 6) is -1.68. The van der Waals surface area contributed by atoms with Gasteiger partial charge >= 0.3 is 0 Å². The highest BCUT2D eigenvalue weighted by atomic mass is 17.2.